The second-order valence-electron chi connectivity index (χ2n) is 6.24. The van der Waals surface area contributed by atoms with E-state index in [4.69, 9.17) is 0 Å². The Bertz CT molecular complexity index is 578. The minimum atomic E-state index is 0.545. The van der Waals surface area contributed by atoms with Gasteiger partial charge >= 0.3 is 0 Å². The van der Waals surface area contributed by atoms with Crippen LogP contribution in [0.25, 0.3) is 10.2 Å². The van der Waals surface area contributed by atoms with Crippen LogP contribution in [0.3, 0.4) is 0 Å². The van der Waals surface area contributed by atoms with Gasteiger partial charge in [0.2, 0.25) is 0 Å². The van der Waals surface area contributed by atoms with Crippen LogP contribution in [0.4, 0.5) is 5.69 Å². The van der Waals surface area contributed by atoms with Gasteiger partial charge in [0.25, 0.3) is 0 Å². The van der Waals surface area contributed by atoms with Crippen molar-refractivity contribution in [3.63, 3.8) is 0 Å². The zero-order chi connectivity index (χ0) is 14.1. The average molecular weight is 289 g/mol. The lowest BCUT2D eigenvalue weighted by molar-refractivity contribution is 0.356. The summed E-state index contributed by atoms with van der Waals surface area (Å²) in [6, 6.07) is 7.80. The Kier molecular flexibility index (Phi) is 3.94. The molecule has 1 N–H and O–H groups in total. The number of hydrogen-bond acceptors (Lipinski definition) is 4. The van der Waals surface area contributed by atoms with E-state index in [1.54, 1.807) is 11.3 Å². The maximum atomic E-state index is 4.37. The van der Waals surface area contributed by atoms with Gasteiger partial charge in [-0.3, -0.25) is 0 Å². The van der Waals surface area contributed by atoms with Crippen molar-refractivity contribution in [1.29, 1.82) is 0 Å². The second kappa shape index (κ2) is 5.70. The van der Waals surface area contributed by atoms with E-state index in [9.17, 15) is 0 Å². The Labute approximate surface area is 125 Å². The molecule has 0 amide bonds. The Hall–Kier alpha value is -1.13. The molecule has 3 nitrogen and oxygen atoms in total. The summed E-state index contributed by atoms with van der Waals surface area (Å²) in [6.45, 7) is 9.07. The van der Waals surface area contributed by atoms with E-state index in [1.807, 2.05) is 5.51 Å². The van der Waals surface area contributed by atoms with Crippen molar-refractivity contribution in [3.8, 4) is 0 Å². The van der Waals surface area contributed by atoms with Gasteiger partial charge in [-0.25, -0.2) is 4.98 Å². The standard InChI is InChI=1S/C16H23N3S/c1-11(2)6-13-9-19(12(3)8-17-13)14-4-5-15-16(7-14)20-10-18-15/h4-5,7,10-13,17H,6,8-9H2,1-3H3. The maximum absolute atomic E-state index is 4.37. The minimum Gasteiger partial charge on any atom is -0.366 e. The molecule has 1 aromatic heterocycles. The van der Waals surface area contributed by atoms with E-state index in [2.05, 4.69) is 54.2 Å². The molecule has 2 aromatic rings. The molecule has 1 aromatic carbocycles. The molecule has 20 heavy (non-hydrogen) atoms. The zero-order valence-corrected chi connectivity index (χ0v) is 13.3. The van der Waals surface area contributed by atoms with Crippen molar-refractivity contribution < 1.29 is 0 Å². The fourth-order valence-corrected chi connectivity index (χ4v) is 3.75. The first kappa shape index (κ1) is 13.8. The molecule has 0 bridgehead atoms. The van der Waals surface area contributed by atoms with Crippen LogP contribution in [-0.2, 0) is 0 Å². The van der Waals surface area contributed by atoms with E-state index in [0.717, 1.165) is 24.5 Å². The van der Waals surface area contributed by atoms with Gasteiger partial charge in [0, 0.05) is 30.9 Å². The van der Waals surface area contributed by atoms with Gasteiger partial charge in [-0.05, 0) is 37.5 Å². The van der Waals surface area contributed by atoms with Crippen molar-refractivity contribution in [2.45, 2.75) is 39.3 Å². The summed E-state index contributed by atoms with van der Waals surface area (Å²) in [7, 11) is 0. The van der Waals surface area contributed by atoms with Gasteiger partial charge in [-0.15, -0.1) is 11.3 Å². The zero-order valence-electron chi connectivity index (χ0n) is 12.5. The van der Waals surface area contributed by atoms with Gasteiger partial charge in [0.05, 0.1) is 15.7 Å². The fourth-order valence-electron chi connectivity index (χ4n) is 3.04. The highest BCUT2D eigenvalue weighted by atomic mass is 32.1. The quantitative estimate of drug-likeness (QED) is 0.937. The predicted octanol–water partition coefficient (Wildman–Crippen LogP) is 3.51. The molecule has 0 radical (unpaired) electrons. The molecule has 2 heterocycles. The van der Waals surface area contributed by atoms with Crippen molar-refractivity contribution in [2.24, 2.45) is 5.92 Å². The average Bonchev–Trinajstić information content (AvgIpc) is 2.87. The molecule has 1 aliphatic heterocycles. The molecular formula is C16H23N3S. The van der Waals surface area contributed by atoms with Gasteiger partial charge in [0.15, 0.2) is 0 Å². The second-order valence-corrected chi connectivity index (χ2v) is 7.13. The van der Waals surface area contributed by atoms with E-state index in [0.29, 0.717) is 12.1 Å². The Morgan fingerprint density at radius 1 is 1.45 bits per heavy atom. The molecule has 3 rings (SSSR count). The van der Waals surface area contributed by atoms with Gasteiger partial charge in [-0.1, -0.05) is 13.8 Å². The third-order valence-corrected chi connectivity index (χ3v) is 4.85. The summed E-state index contributed by atoms with van der Waals surface area (Å²) in [5.74, 6) is 0.742. The first-order chi connectivity index (χ1) is 9.63. The Morgan fingerprint density at radius 3 is 3.10 bits per heavy atom. The molecule has 4 heteroatoms. The third kappa shape index (κ3) is 2.81. The van der Waals surface area contributed by atoms with Crippen LogP contribution < -0.4 is 10.2 Å². The lowest BCUT2D eigenvalue weighted by Crippen LogP contribution is -2.55. The topological polar surface area (TPSA) is 28.2 Å². The molecule has 0 saturated carbocycles. The molecule has 1 fully saturated rings. The number of rotatable bonds is 3. The fraction of sp³-hybridized carbons (Fsp3) is 0.562. The van der Waals surface area contributed by atoms with Gasteiger partial charge in [-0.2, -0.15) is 0 Å². The lowest BCUT2D eigenvalue weighted by atomic mass is 9.99. The van der Waals surface area contributed by atoms with Crippen LogP contribution in [0.1, 0.15) is 27.2 Å². The Morgan fingerprint density at radius 2 is 2.30 bits per heavy atom. The van der Waals surface area contributed by atoms with Gasteiger partial charge < -0.3 is 10.2 Å². The van der Waals surface area contributed by atoms with Crippen LogP contribution in [0.2, 0.25) is 0 Å². The van der Waals surface area contributed by atoms with Crippen molar-refractivity contribution in [3.05, 3.63) is 23.7 Å². The van der Waals surface area contributed by atoms with Gasteiger partial charge in [0.1, 0.15) is 0 Å². The SMILES string of the molecule is CC(C)CC1CN(c2ccc3ncsc3c2)C(C)CN1. The smallest absolute Gasteiger partial charge is 0.0813 e. The lowest BCUT2D eigenvalue weighted by Gasteiger charge is -2.41. The summed E-state index contributed by atoms with van der Waals surface area (Å²) in [4.78, 5) is 6.91. The number of nitrogens with one attached hydrogen (secondary N) is 1. The summed E-state index contributed by atoms with van der Waals surface area (Å²) < 4.78 is 1.29. The third-order valence-electron chi connectivity index (χ3n) is 4.05. The van der Waals surface area contributed by atoms with Crippen molar-refractivity contribution in [1.82, 2.24) is 10.3 Å². The van der Waals surface area contributed by atoms with Crippen LogP contribution in [-0.4, -0.2) is 30.2 Å². The summed E-state index contributed by atoms with van der Waals surface area (Å²) in [5, 5.41) is 3.68. The maximum Gasteiger partial charge on any atom is 0.0813 e. The largest absolute Gasteiger partial charge is 0.366 e. The molecule has 108 valence electrons. The number of nitrogens with zero attached hydrogens (tertiary/aromatic N) is 2. The van der Waals surface area contributed by atoms with E-state index in [1.165, 1.54) is 16.8 Å². The summed E-state index contributed by atoms with van der Waals surface area (Å²) in [5.41, 5.74) is 4.38. The highest BCUT2D eigenvalue weighted by Gasteiger charge is 2.25. The van der Waals surface area contributed by atoms with Crippen LogP contribution >= 0.6 is 11.3 Å². The molecule has 1 saturated heterocycles. The van der Waals surface area contributed by atoms with E-state index in [-0.39, 0.29) is 0 Å². The summed E-state index contributed by atoms with van der Waals surface area (Å²) in [6.07, 6.45) is 1.24. The molecular weight excluding hydrogens is 266 g/mol. The Balaban J connectivity index is 1.82. The number of benzene rings is 1. The van der Waals surface area contributed by atoms with E-state index >= 15 is 0 Å². The number of anilines is 1. The van der Waals surface area contributed by atoms with Crippen LogP contribution in [0, 0.1) is 5.92 Å². The minimum absolute atomic E-state index is 0.545. The molecule has 0 aliphatic carbocycles. The van der Waals surface area contributed by atoms with Crippen molar-refractivity contribution in [2.75, 3.05) is 18.0 Å². The number of aromatic nitrogens is 1. The molecule has 2 atom stereocenters. The molecule has 0 spiro atoms. The van der Waals surface area contributed by atoms with Crippen LogP contribution in [0.15, 0.2) is 23.7 Å². The number of piperazine rings is 1. The van der Waals surface area contributed by atoms with Crippen molar-refractivity contribution >= 4 is 27.2 Å². The highest BCUT2D eigenvalue weighted by molar-refractivity contribution is 7.16. The summed E-state index contributed by atoms with van der Waals surface area (Å²) >= 11 is 1.72. The number of hydrogen-bond donors (Lipinski definition) is 1. The van der Waals surface area contributed by atoms with E-state index < -0.39 is 0 Å². The molecule has 1 aliphatic rings. The predicted molar refractivity (Wildman–Crippen MR) is 87.7 cm³/mol. The highest BCUT2D eigenvalue weighted by Crippen LogP contribution is 2.27. The van der Waals surface area contributed by atoms with Crippen LogP contribution in [0.5, 0.6) is 0 Å². The number of thiazole rings is 1. The number of fused-ring (bicyclic) bond motifs is 1. The monoisotopic (exact) mass is 289 g/mol. The molecule has 2 unspecified atom stereocenters. The first-order valence-electron chi connectivity index (χ1n) is 7.46. The first-order valence-corrected chi connectivity index (χ1v) is 8.34. The normalized spacial score (nSPS) is 23.7.